The molecule has 10 rings (SSSR count). The molecule has 0 atom stereocenters. The molecular weight excluding hydrogens is 520 g/mol. The lowest BCUT2D eigenvalue weighted by Gasteiger charge is -2.23. The van der Waals surface area contributed by atoms with Gasteiger partial charge in [0.2, 0.25) is 0 Å². The molecule has 0 N–H and O–H groups in total. The third-order valence-electron chi connectivity index (χ3n) is 8.65. The predicted molar refractivity (Wildman–Crippen MR) is 182 cm³/mol. The van der Waals surface area contributed by atoms with Crippen molar-refractivity contribution in [1.29, 1.82) is 0 Å². The Bertz CT molecular complexity index is 3070. The normalized spacial score (nSPS) is 15.3. The van der Waals surface area contributed by atoms with E-state index in [0.717, 1.165) is 55.3 Å². The first-order valence-corrected chi connectivity index (χ1v) is 14.1. The summed E-state index contributed by atoms with van der Waals surface area (Å²) in [5.74, 6) is 1.53. The third kappa shape index (κ3) is 3.17. The Morgan fingerprint density at radius 3 is 2.07 bits per heavy atom. The van der Waals surface area contributed by atoms with Crippen LogP contribution in [-0.2, 0) is 0 Å². The molecule has 0 bridgehead atoms. The Balaban J connectivity index is 1.36. The fourth-order valence-corrected chi connectivity index (χ4v) is 6.77. The molecule has 1 aliphatic rings. The Kier molecular flexibility index (Phi) is 3.16. The minimum Gasteiger partial charge on any atom is -0.456 e. The van der Waals surface area contributed by atoms with Crippen molar-refractivity contribution in [2.45, 2.75) is 0 Å². The van der Waals surface area contributed by atoms with E-state index < -0.39 is 30.2 Å². The second kappa shape index (κ2) is 8.44. The maximum atomic E-state index is 9.45. The fraction of sp³-hybridized carbons (Fsp3) is 0. The van der Waals surface area contributed by atoms with Gasteiger partial charge in [-0.2, -0.15) is 0 Å². The highest BCUT2D eigenvalue weighted by molar-refractivity contribution is 6.26. The molecule has 0 radical (unpaired) electrons. The predicted octanol–water partition coefficient (Wildman–Crippen LogP) is 12.0. The van der Waals surface area contributed by atoms with Gasteiger partial charge < -0.3 is 4.74 Å². The van der Waals surface area contributed by atoms with Gasteiger partial charge in [0, 0.05) is 10.9 Å². The summed E-state index contributed by atoms with van der Waals surface area (Å²) < 4.78 is 87.2. The molecule has 1 heterocycles. The molecule has 0 fully saturated rings. The van der Waals surface area contributed by atoms with Crippen molar-refractivity contribution in [2.24, 2.45) is 0 Å². The average Bonchev–Trinajstić information content (AvgIpc) is 3.15. The smallest absolute Gasteiger partial charge is 0.135 e. The quantitative estimate of drug-likeness (QED) is 0.193. The molecule has 1 nitrogen and oxygen atoms in total. The summed E-state index contributed by atoms with van der Waals surface area (Å²) in [5.41, 5.74) is 4.55. The van der Waals surface area contributed by atoms with Crippen LogP contribution in [0.3, 0.4) is 0 Å². The van der Waals surface area contributed by atoms with E-state index in [1.807, 2.05) is 72.8 Å². The van der Waals surface area contributed by atoms with Gasteiger partial charge in [0.05, 0.1) is 12.3 Å². The summed E-state index contributed by atoms with van der Waals surface area (Å²) >= 11 is 0. The Morgan fingerprint density at radius 2 is 1.14 bits per heavy atom. The summed E-state index contributed by atoms with van der Waals surface area (Å²) in [5, 5.41) is 3.83. The minimum atomic E-state index is -0.493. The standard InChI is InChI=1S/C42H24O/c1-2-10-30-28(7-1)23-29(31-21-22-39-42-34(31)12-6-13-35(42)33-11-3-4-14-38(33)43-39)24-37(30)32-19-17-27-16-15-25-8-5-9-26-18-20-36(32)41(27)40(25)26/h1-24H/i5D,8D,9D,15D,16D,17D,18D,19D,20D. The number of benzene rings is 9. The molecule has 9 aromatic carbocycles. The van der Waals surface area contributed by atoms with Crippen molar-refractivity contribution >= 4 is 53.9 Å². The molecule has 1 heteroatoms. The van der Waals surface area contributed by atoms with Crippen LogP contribution >= 0.6 is 0 Å². The zero-order valence-electron chi connectivity index (χ0n) is 31.6. The number of fused-ring (bicyclic) bond motifs is 3. The molecule has 198 valence electrons. The van der Waals surface area contributed by atoms with Gasteiger partial charge >= 0.3 is 0 Å². The van der Waals surface area contributed by atoms with Gasteiger partial charge in [-0.15, -0.1) is 0 Å². The van der Waals surface area contributed by atoms with Crippen LogP contribution in [0.4, 0.5) is 0 Å². The van der Waals surface area contributed by atoms with Crippen LogP contribution in [-0.4, -0.2) is 0 Å². The van der Waals surface area contributed by atoms with E-state index in [2.05, 4.69) is 18.2 Å². The van der Waals surface area contributed by atoms with Crippen LogP contribution in [0, 0.1) is 0 Å². The maximum absolute atomic E-state index is 9.45. The highest BCUT2D eigenvalue weighted by Gasteiger charge is 2.22. The van der Waals surface area contributed by atoms with Gasteiger partial charge in [-0.05, 0) is 101 Å². The number of ether oxygens (including phenoxy) is 1. The third-order valence-corrected chi connectivity index (χ3v) is 8.65. The monoisotopic (exact) mass is 553 g/mol. The second-order valence-electron chi connectivity index (χ2n) is 10.9. The zero-order chi connectivity index (χ0) is 35.9. The van der Waals surface area contributed by atoms with Crippen LogP contribution in [0.15, 0.2) is 145 Å². The summed E-state index contributed by atoms with van der Waals surface area (Å²) in [6.07, 6.45) is 0. The summed E-state index contributed by atoms with van der Waals surface area (Å²) in [4.78, 5) is 0. The van der Waals surface area contributed by atoms with E-state index in [0.29, 0.717) is 5.56 Å². The van der Waals surface area contributed by atoms with Gasteiger partial charge in [0.25, 0.3) is 0 Å². The van der Waals surface area contributed by atoms with E-state index in [1.54, 1.807) is 0 Å². The zero-order valence-corrected chi connectivity index (χ0v) is 22.6. The van der Waals surface area contributed by atoms with Crippen LogP contribution in [0.2, 0.25) is 0 Å². The van der Waals surface area contributed by atoms with Gasteiger partial charge in [0.1, 0.15) is 11.5 Å². The van der Waals surface area contributed by atoms with E-state index in [1.165, 1.54) is 0 Å². The Hall–Kier alpha value is -5.66. The van der Waals surface area contributed by atoms with Gasteiger partial charge in [0.15, 0.2) is 0 Å². The molecular formula is C42H24O. The topological polar surface area (TPSA) is 9.23 Å². The van der Waals surface area contributed by atoms with Crippen molar-refractivity contribution in [2.75, 3.05) is 0 Å². The lowest BCUT2D eigenvalue weighted by atomic mass is 9.86. The summed E-state index contributed by atoms with van der Waals surface area (Å²) in [7, 11) is 0. The highest BCUT2D eigenvalue weighted by atomic mass is 16.5. The molecule has 0 saturated heterocycles. The van der Waals surface area contributed by atoms with Crippen LogP contribution in [0.25, 0.3) is 87.2 Å². The van der Waals surface area contributed by atoms with Gasteiger partial charge in [-0.1, -0.05) is 121 Å². The summed E-state index contributed by atoms with van der Waals surface area (Å²) in [6, 6.07) is 26.4. The maximum Gasteiger partial charge on any atom is 0.135 e. The van der Waals surface area contributed by atoms with Gasteiger partial charge in [-0.3, -0.25) is 0 Å². The fourth-order valence-electron chi connectivity index (χ4n) is 6.77. The van der Waals surface area contributed by atoms with Gasteiger partial charge in [-0.25, -0.2) is 0 Å². The molecule has 43 heavy (non-hydrogen) atoms. The molecule has 1 aliphatic heterocycles. The molecule has 0 amide bonds. The first-order valence-electron chi connectivity index (χ1n) is 18.6. The number of para-hydroxylation sites is 1. The van der Waals surface area contributed by atoms with Crippen LogP contribution in [0.5, 0.6) is 11.5 Å². The number of hydrogen-bond donors (Lipinski definition) is 0. The largest absolute Gasteiger partial charge is 0.456 e. The lowest BCUT2D eigenvalue weighted by molar-refractivity contribution is 0.487. The van der Waals surface area contributed by atoms with E-state index in [4.69, 9.17) is 13.0 Å². The van der Waals surface area contributed by atoms with E-state index >= 15 is 0 Å². The van der Waals surface area contributed by atoms with Crippen LogP contribution in [0.1, 0.15) is 12.3 Å². The lowest BCUT2D eigenvalue weighted by Crippen LogP contribution is -1.97. The first kappa shape index (κ1) is 16.1. The van der Waals surface area contributed by atoms with Crippen molar-refractivity contribution in [1.82, 2.24) is 0 Å². The summed E-state index contributed by atoms with van der Waals surface area (Å²) in [6.45, 7) is 0. The Labute approximate surface area is 261 Å². The number of rotatable bonds is 2. The average molecular weight is 554 g/mol. The van der Waals surface area contributed by atoms with Crippen molar-refractivity contribution in [3.8, 4) is 44.9 Å². The van der Waals surface area contributed by atoms with Crippen LogP contribution < -0.4 is 4.74 Å². The molecule has 0 aromatic heterocycles. The molecule has 0 aliphatic carbocycles. The second-order valence-corrected chi connectivity index (χ2v) is 10.9. The highest BCUT2D eigenvalue weighted by Crippen LogP contribution is 2.49. The molecule has 0 saturated carbocycles. The molecule has 0 unspecified atom stereocenters. The Morgan fingerprint density at radius 1 is 0.395 bits per heavy atom. The minimum absolute atomic E-state index is 0.0411. The SMILES string of the molecule is [2H]c1c([2H])c2c([2H])c([2H])c3c([2H])c([2H])c(-c4cc(-c5ccc6c7c(cccc57)-c5ccccc5O6)cc5ccccc45)c4c([2H])c([2H])c(c1[2H])c2c34. The van der Waals surface area contributed by atoms with Crippen molar-refractivity contribution in [3.63, 3.8) is 0 Å². The molecule has 9 aromatic rings. The van der Waals surface area contributed by atoms with E-state index in [-0.39, 0.29) is 62.1 Å². The molecule has 0 spiro atoms. The van der Waals surface area contributed by atoms with Crippen molar-refractivity contribution in [3.05, 3.63) is 145 Å². The number of hydrogen-bond acceptors (Lipinski definition) is 1. The van der Waals surface area contributed by atoms with Crippen molar-refractivity contribution < 1.29 is 17.1 Å². The first-order chi connectivity index (χ1) is 25.1. The van der Waals surface area contributed by atoms with E-state index in [9.17, 15) is 4.11 Å².